The first-order valence-electron chi connectivity index (χ1n) is 8.83. The van der Waals surface area contributed by atoms with E-state index in [1.165, 1.54) is 17.1 Å². The molecule has 1 aliphatic heterocycles. The minimum Gasteiger partial charge on any atom is -0.385 e. The molecule has 0 atom stereocenters. The summed E-state index contributed by atoms with van der Waals surface area (Å²) >= 11 is 0. The van der Waals surface area contributed by atoms with Gasteiger partial charge in [0.2, 0.25) is 0 Å². The van der Waals surface area contributed by atoms with Gasteiger partial charge < -0.3 is 15.2 Å². The third kappa shape index (κ3) is 5.06. The van der Waals surface area contributed by atoms with Crippen molar-refractivity contribution in [3.63, 3.8) is 0 Å². The molecule has 5 nitrogen and oxygen atoms in total. The maximum atomic E-state index is 13.3. The Hall–Kier alpha value is -2.71. The molecule has 0 saturated carbocycles. The summed E-state index contributed by atoms with van der Waals surface area (Å²) in [7, 11) is 0. The van der Waals surface area contributed by atoms with E-state index in [1.807, 2.05) is 18.2 Å². The Kier molecular flexibility index (Phi) is 7.75. The van der Waals surface area contributed by atoms with Gasteiger partial charge in [0.15, 0.2) is 17.5 Å². The molecule has 2 N–H and O–H groups in total. The number of rotatable bonds is 4. The fourth-order valence-electron chi connectivity index (χ4n) is 3.22. The normalized spacial score (nSPS) is 12.1. The summed E-state index contributed by atoms with van der Waals surface area (Å²) in [6.45, 7) is 0.997. The fraction of sp³-hybridized carbons (Fsp3) is 0.200. The summed E-state index contributed by atoms with van der Waals surface area (Å²) in [5.74, 6) is -4.40. The average molecular weight is 459 g/mol. The van der Waals surface area contributed by atoms with Gasteiger partial charge >= 0.3 is 0 Å². The number of anilines is 2. The Balaban J connectivity index is 0.00000160. The molecule has 3 aromatic rings. The van der Waals surface area contributed by atoms with Crippen molar-refractivity contribution in [3.8, 4) is 0 Å². The number of nitrogens with zero attached hydrogens (tertiary/aromatic N) is 2. The van der Waals surface area contributed by atoms with Crippen molar-refractivity contribution in [2.24, 2.45) is 0 Å². The van der Waals surface area contributed by atoms with Gasteiger partial charge in [-0.25, -0.2) is 18.2 Å². The first-order chi connectivity index (χ1) is 13.5. The zero-order valence-corrected chi connectivity index (χ0v) is 17.3. The van der Waals surface area contributed by atoms with Crippen molar-refractivity contribution in [1.29, 1.82) is 0 Å². The molecule has 0 aliphatic carbocycles. The third-order valence-corrected chi connectivity index (χ3v) is 4.58. The minimum absolute atomic E-state index is 0. The number of carbonyl (C=O) groups excluding carboxylic acids is 1. The van der Waals surface area contributed by atoms with Crippen molar-refractivity contribution >= 4 is 42.1 Å². The second-order valence-corrected chi connectivity index (χ2v) is 6.66. The van der Waals surface area contributed by atoms with Crippen LogP contribution >= 0.6 is 24.8 Å². The molecule has 30 heavy (non-hydrogen) atoms. The van der Waals surface area contributed by atoms with Gasteiger partial charge in [-0.2, -0.15) is 0 Å². The van der Waals surface area contributed by atoms with Crippen LogP contribution in [0.5, 0.6) is 0 Å². The second kappa shape index (κ2) is 9.86. The Morgan fingerprint density at radius 2 is 1.87 bits per heavy atom. The second-order valence-electron chi connectivity index (χ2n) is 6.66. The Morgan fingerprint density at radius 1 is 1.13 bits per heavy atom. The molecule has 4 rings (SSSR count). The van der Waals surface area contributed by atoms with Crippen LogP contribution in [0.25, 0.3) is 0 Å². The van der Waals surface area contributed by atoms with Gasteiger partial charge in [-0.3, -0.25) is 4.79 Å². The summed E-state index contributed by atoms with van der Waals surface area (Å²) in [5, 5.41) is 6.11. The maximum absolute atomic E-state index is 13.3. The number of halogens is 5. The van der Waals surface area contributed by atoms with E-state index in [2.05, 4.69) is 15.6 Å². The van der Waals surface area contributed by atoms with E-state index < -0.39 is 17.5 Å². The minimum atomic E-state index is -1.50. The van der Waals surface area contributed by atoms with Crippen molar-refractivity contribution < 1.29 is 18.0 Å². The van der Waals surface area contributed by atoms with Gasteiger partial charge in [0.05, 0.1) is 6.33 Å². The van der Waals surface area contributed by atoms with Gasteiger partial charge in [0, 0.05) is 30.7 Å². The lowest BCUT2D eigenvalue weighted by Crippen LogP contribution is -2.15. The van der Waals surface area contributed by atoms with Crippen molar-refractivity contribution in [3.05, 3.63) is 77.1 Å². The fourth-order valence-corrected chi connectivity index (χ4v) is 3.22. The quantitative estimate of drug-likeness (QED) is 0.551. The van der Waals surface area contributed by atoms with Crippen LogP contribution in [0, 0.1) is 17.5 Å². The van der Waals surface area contributed by atoms with Crippen LogP contribution in [-0.4, -0.2) is 22.0 Å². The first kappa shape index (κ1) is 23.6. The van der Waals surface area contributed by atoms with Crippen LogP contribution in [0.2, 0.25) is 0 Å². The Bertz CT molecular complexity index is 1040. The SMILES string of the molecule is Cl.Cl.O=C(Nc1ccc2c(c1)CCCN2)c1cn(Cc2cc(F)c(F)c(F)c2)cn1. The standard InChI is InChI=1S/C20H17F3N4O.2ClH/c21-15-6-12(7-16(22)19(15)23)9-27-10-18(25-11-27)20(28)26-14-3-4-17-13(8-14)2-1-5-24-17;;/h3-4,6-8,10-11,24H,1-2,5,9H2,(H,26,28);2*1H. The first-order valence-corrected chi connectivity index (χ1v) is 8.83. The molecular formula is C20H19Cl2F3N4O. The molecule has 10 heteroatoms. The molecule has 0 radical (unpaired) electrons. The van der Waals surface area contributed by atoms with Gasteiger partial charge in [0.1, 0.15) is 5.69 Å². The van der Waals surface area contributed by atoms with E-state index in [4.69, 9.17) is 0 Å². The molecule has 2 aromatic carbocycles. The maximum Gasteiger partial charge on any atom is 0.275 e. The van der Waals surface area contributed by atoms with E-state index in [9.17, 15) is 18.0 Å². The molecule has 0 unspecified atom stereocenters. The zero-order chi connectivity index (χ0) is 19.7. The van der Waals surface area contributed by atoms with Gasteiger partial charge in [-0.15, -0.1) is 24.8 Å². The number of benzene rings is 2. The number of imidazole rings is 1. The molecular weight excluding hydrogens is 440 g/mol. The average Bonchev–Trinajstić information content (AvgIpc) is 3.14. The summed E-state index contributed by atoms with van der Waals surface area (Å²) in [6, 6.07) is 7.51. The summed E-state index contributed by atoms with van der Waals surface area (Å²) in [5.41, 5.74) is 3.29. The van der Waals surface area contributed by atoms with Gasteiger partial charge in [-0.05, 0) is 54.3 Å². The summed E-state index contributed by atoms with van der Waals surface area (Å²) < 4.78 is 41.2. The number of fused-ring (bicyclic) bond motifs is 1. The smallest absolute Gasteiger partial charge is 0.275 e. The van der Waals surface area contributed by atoms with Crippen LogP contribution in [-0.2, 0) is 13.0 Å². The molecule has 0 fully saturated rings. The van der Waals surface area contributed by atoms with E-state index >= 15 is 0 Å². The predicted molar refractivity (Wildman–Crippen MR) is 113 cm³/mol. The molecule has 0 saturated heterocycles. The Morgan fingerprint density at radius 3 is 2.60 bits per heavy atom. The highest BCUT2D eigenvalue weighted by Crippen LogP contribution is 2.25. The van der Waals surface area contributed by atoms with E-state index in [-0.39, 0.29) is 48.5 Å². The van der Waals surface area contributed by atoms with Crippen LogP contribution in [0.1, 0.15) is 28.0 Å². The van der Waals surface area contributed by atoms with Gasteiger partial charge in [0.25, 0.3) is 5.91 Å². The van der Waals surface area contributed by atoms with Crippen LogP contribution in [0.15, 0.2) is 42.9 Å². The van der Waals surface area contributed by atoms with Crippen LogP contribution < -0.4 is 10.6 Å². The molecule has 1 aromatic heterocycles. The topological polar surface area (TPSA) is 59.0 Å². The summed E-state index contributed by atoms with van der Waals surface area (Å²) in [4.78, 5) is 16.5. The molecule has 1 aliphatic rings. The van der Waals surface area contributed by atoms with Crippen molar-refractivity contribution in [2.75, 3.05) is 17.2 Å². The van der Waals surface area contributed by atoms with Gasteiger partial charge in [-0.1, -0.05) is 0 Å². The van der Waals surface area contributed by atoms with Crippen LogP contribution in [0.4, 0.5) is 24.5 Å². The number of amides is 1. The summed E-state index contributed by atoms with van der Waals surface area (Å²) in [6.07, 6.45) is 4.84. The monoisotopic (exact) mass is 458 g/mol. The lowest BCUT2D eigenvalue weighted by molar-refractivity contribution is 0.102. The highest BCUT2D eigenvalue weighted by molar-refractivity contribution is 6.02. The molecule has 0 spiro atoms. The van der Waals surface area contributed by atoms with Crippen molar-refractivity contribution in [1.82, 2.24) is 9.55 Å². The number of hydrogen-bond acceptors (Lipinski definition) is 3. The number of aromatic nitrogens is 2. The molecule has 160 valence electrons. The highest BCUT2D eigenvalue weighted by atomic mass is 35.5. The predicted octanol–water partition coefficient (Wildman–Crippen LogP) is 4.80. The number of aryl methyl sites for hydroxylation is 1. The lowest BCUT2D eigenvalue weighted by atomic mass is 10.0. The zero-order valence-electron chi connectivity index (χ0n) is 15.6. The Labute approximate surface area is 183 Å². The van der Waals surface area contributed by atoms with Crippen LogP contribution in [0.3, 0.4) is 0 Å². The lowest BCUT2D eigenvalue weighted by Gasteiger charge is -2.18. The van der Waals surface area contributed by atoms with E-state index in [0.717, 1.165) is 42.8 Å². The molecule has 2 heterocycles. The van der Waals surface area contributed by atoms with Crippen molar-refractivity contribution in [2.45, 2.75) is 19.4 Å². The third-order valence-electron chi connectivity index (χ3n) is 4.58. The largest absolute Gasteiger partial charge is 0.385 e. The van der Waals surface area contributed by atoms with E-state index in [0.29, 0.717) is 5.69 Å². The molecule has 1 amide bonds. The highest BCUT2D eigenvalue weighted by Gasteiger charge is 2.14. The number of nitrogens with one attached hydrogen (secondary N) is 2. The number of carbonyl (C=O) groups is 1. The van der Waals surface area contributed by atoms with E-state index in [1.54, 1.807) is 0 Å². The molecule has 0 bridgehead atoms. The number of hydrogen-bond donors (Lipinski definition) is 2.